The number of guanidine groups is 1. The predicted molar refractivity (Wildman–Crippen MR) is 121 cm³/mol. The quantitative estimate of drug-likeness (QED) is 0.331. The van der Waals surface area contributed by atoms with Crippen LogP contribution >= 0.6 is 35.3 Å². The molecule has 26 heavy (non-hydrogen) atoms. The minimum atomic E-state index is 0. The van der Waals surface area contributed by atoms with Crippen molar-refractivity contribution in [1.29, 1.82) is 0 Å². The summed E-state index contributed by atoms with van der Waals surface area (Å²) >= 11 is 1.80. The van der Waals surface area contributed by atoms with Crippen molar-refractivity contribution in [3.63, 3.8) is 0 Å². The molecule has 0 spiro atoms. The van der Waals surface area contributed by atoms with Gasteiger partial charge >= 0.3 is 0 Å². The minimum Gasteiger partial charge on any atom is -0.356 e. The zero-order valence-electron chi connectivity index (χ0n) is 15.5. The molecule has 1 N–H and O–H groups in total. The zero-order chi connectivity index (χ0) is 17.6. The van der Waals surface area contributed by atoms with Gasteiger partial charge in [0.05, 0.1) is 5.69 Å². The maximum atomic E-state index is 4.72. The van der Waals surface area contributed by atoms with Gasteiger partial charge in [0.25, 0.3) is 0 Å². The van der Waals surface area contributed by atoms with Crippen molar-refractivity contribution in [3.8, 4) is 0 Å². The van der Waals surface area contributed by atoms with E-state index in [9.17, 15) is 0 Å². The van der Waals surface area contributed by atoms with Crippen LogP contribution in [0.4, 0.5) is 0 Å². The molecule has 0 saturated heterocycles. The predicted octanol–water partition coefficient (Wildman–Crippen LogP) is 3.61. The number of likely N-dealkylation sites (N-methyl/N-ethyl adjacent to an activating group) is 1. The molecule has 0 aromatic carbocycles. The number of thiophene rings is 1. The van der Waals surface area contributed by atoms with Gasteiger partial charge in [0.1, 0.15) is 5.65 Å². The summed E-state index contributed by atoms with van der Waals surface area (Å²) in [4.78, 5) is 12.7. The Morgan fingerprint density at radius 2 is 2.15 bits per heavy atom. The summed E-state index contributed by atoms with van der Waals surface area (Å²) in [5.74, 6) is 0.927. The van der Waals surface area contributed by atoms with Gasteiger partial charge in [0.2, 0.25) is 0 Å². The highest BCUT2D eigenvalue weighted by Crippen LogP contribution is 2.11. The van der Waals surface area contributed by atoms with Crippen LogP contribution in [0, 0.1) is 6.92 Å². The molecule has 0 fully saturated rings. The molecule has 3 rings (SSSR count). The first-order valence-corrected chi connectivity index (χ1v) is 9.42. The first kappa shape index (κ1) is 20.7. The third-order valence-corrected chi connectivity index (χ3v) is 5.18. The number of aryl methyl sites for hydroxylation is 1. The van der Waals surface area contributed by atoms with E-state index < -0.39 is 0 Å². The average molecular weight is 483 g/mol. The minimum absolute atomic E-state index is 0. The first-order valence-electron chi connectivity index (χ1n) is 8.54. The molecule has 3 aromatic heterocycles. The molecule has 7 heteroatoms. The molecule has 0 aliphatic rings. The second kappa shape index (κ2) is 9.91. The highest BCUT2D eigenvalue weighted by atomic mass is 127. The summed E-state index contributed by atoms with van der Waals surface area (Å²) < 4.78 is 2.09. The molecule has 0 saturated carbocycles. The van der Waals surface area contributed by atoms with E-state index in [4.69, 9.17) is 4.98 Å². The third kappa shape index (κ3) is 5.20. The lowest BCUT2D eigenvalue weighted by Crippen LogP contribution is -2.40. The first-order chi connectivity index (χ1) is 12.2. The molecule has 3 heterocycles. The van der Waals surface area contributed by atoms with Gasteiger partial charge in [0.15, 0.2) is 5.96 Å². The second-order valence-electron chi connectivity index (χ2n) is 6.13. The Hall–Kier alpha value is -1.61. The lowest BCUT2D eigenvalue weighted by atomic mass is 10.3. The molecule has 5 nitrogen and oxygen atoms in total. The second-order valence-corrected chi connectivity index (χ2v) is 7.16. The number of hydrogen-bond acceptors (Lipinski definition) is 3. The number of nitrogens with one attached hydrogen (secondary N) is 1. The monoisotopic (exact) mass is 483 g/mol. The number of pyridine rings is 1. The standard InChI is InChI=1S/C19H25N5S.HI/c1-15-6-4-11-24-14-16(22-18(15)24)8-10-21-19(20-2)23(3)12-9-17-7-5-13-25-17;/h4-7,11,13-14H,8-10,12H2,1-3H3,(H,20,21);1H. The topological polar surface area (TPSA) is 44.9 Å². The van der Waals surface area contributed by atoms with E-state index in [0.717, 1.165) is 43.2 Å². The van der Waals surface area contributed by atoms with E-state index in [1.54, 1.807) is 11.3 Å². The Morgan fingerprint density at radius 3 is 2.85 bits per heavy atom. The van der Waals surface area contributed by atoms with Crippen molar-refractivity contribution in [2.24, 2.45) is 4.99 Å². The Morgan fingerprint density at radius 1 is 1.31 bits per heavy atom. The number of imidazole rings is 1. The summed E-state index contributed by atoms with van der Waals surface area (Å²) in [6, 6.07) is 8.43. The Kier molecular flexibility index (Phi) is 7.89. The van der Waals surface area contributed by atoms with Gasteiger partial charge in [-0.2, -0.15) is 0 Å². The lowest BCUT2D eigenvalue weighted by molar-refractivity contribution is 0.487. The number of nitrogens with zero attached hydrogens (tertiary/aromatic N) is 4. The maximum Gasteiger partial charge on any atom is 0.193 e. The van der Waals surface area contributed by atoms with Crippen molar-refractivity contribution in [3.05, 3.63) is 58.2 Å². The number of rotatable bonds is 6. The van der Waals surface area contributed by atoms with E-state index in [-0.39, 0.29) is 24.0 Å². The highest BCUT2D eigenvalue weighted by molar-refractivity contribution is 14.0. The SMILES string of the molecule is CN=C(NCCc1cn2cccc(C)c2n1)N(C)CCc1cccs1.I. The molecule has 140 valence electrons. The normalized spacial score (nSPS) is 11.4. The molecule has 0 atom stereocenters. The van der Waals surface area contributed by atoms with Gasteiger partial charge < -0.3 is 14.6 Å². The van der Waals surface area contributed by atoms with E-state index in [2.05, 4.69) is 69.4 Å². The Labute approximate surface area is 176 Å². The highest BCUT2D eigenvalue weighted by Gasteiger charge is 2.07. The largest absolute Gasteiger partial charge is 0.356 e. The van der Waals surface area contributed by atoms with Crippen LogP contribution in [0.3, 0.4) is 0 Å². The van der Waals surface area contributed by atoms with Crippen LogP contribution in [-0.2, 0) is 12.8 Å². The lowest BCUT2D eigenvalue weighted by Gasteiger charge is -2.21. The van der Waals surface area contributed by atoms with Crippen LogP contribution in [0.5, 0.6) is 0 Å². The maximum absolute atomic E-state index is 4.72. The van der Waals surface area contributed by atoms with Crippen molar-refractivity contribution in [2.45, 2.75) is 19.8 Å². The summed E-state index contributed by atoms with van der Waals surface area (Å²) in [5.41, 5.74) is 3.33. The van der Waals surface area contributed by atoms with Gasteiger partial charge in [-0.3, -0.25) is 4.99 Å². The van der Waals surface area contributed by atoms with Crippen LogP contribution in [0.25, 0.3) is 5.65 Å². The molecule has 0 aliphatic heterocycles. The van der Waals surface area contributed by atoms with Crippen LogP contribution in [0.2, 0.25) is 0 Å². The van der Waals surface area contributed by atoms with E-state index in [1.165, 1.54) is 10.4 Å². The van der Waals surface area contributed by atoms with Crippen molar-refractivity contribution in [1.82, 2.24) is 19.6 Å². The van der Waals surface area contributed by atoms with E-state index in [1.807, 2.05) is 13.2 Å². The number of hydrogen-bond donors (Lipinski definition) is 1. The van der Waals surface area contributed by atoms with E-state index >= 15 is 0 Å². The fraction of sp³-hybridized carbons (Fsp3) is 0.368. The number of fused-ring (bicyclic) bond motifs is 1. The fourth-order valence-electron chi connectivity index (χ4n) is 2.85. The van der Waals surface area contributed by atoms with Gasteiger partial charge in [-0.05, 0) is 36.4 Å². The van der Waals surface area contributed by atoms with Crippen molar-refractivity contribution >= 4 is 46.9 Å². The zero-order valence-corrected chi connectivity index (χ0v) is 18.6. The van der Waals surface area contributed by atoms with Crippen LogP contribution in [0.15, 0.2) is 47.0 Å². The third-order valence-electron chi connectivity index (χ3n) is 4.24. The molecule has 0 aliphatic carbocycles. The molecular weight excluding hydrogens is 457 g/mol. The Balaban J connectivity index is 0.00000243. The van der Waals surface area contributed by atoms with Crippen LogP contribution < -0.4 is 5.32 Å². The van der Waals surface area contributed by atoms with Gasteiger partial charge in [-0.15, -0.1) is 35.3 Å². The molecule has 0 unspecified atom stereocenters. The molecular formula is C19H26IN5S. The van der Waals surface area contributed by atoms with Gasteiger partial charge in [-0.1, -0.05) is 12.1 Å². The molecule has 0 radical (unpaired) electrons. The summed E-state index contributed by atoms with van der Waals surface area (Å²) in [6.45, 7) is 3.86. The number of aliphatic imine (C=N–C) groups is 1. The fourth-order valence-corrected chi connectivity index (χ4v) is 3.55. The number of halogens is 1. The molecule has 0 bridgehead atoms. The number of aromatic nitrogens is 2. The molecule has 0 amide bonds. The summed E-state index contributed by atoms with van der Waals surface area (Å²) in [7, 11) is 3.91. The summed E-state index contributed by atoms with van der Waals surface area (Å²) in [5, 5.41) is 5.56. The van der Waals surface area contributed by atoms with Crippen LogP contribution in [0.1, 0.15) is 16.1 Å². The van der Waals surface area contributed by atoms with Crippen molar-refractivity contribution < 1.29 is 0 Å². The average Bonchev–Trinajstić information content (AvgIpc) is 3.26. The van der Waals surface area contributed by atoms with E-state index in [0.29, 0.717) is 0 Å². The van der Waals surface area contributed by atoms with Gasteiger partial charge in [-0.25, -0.2) is 4.98 Å². The molecule has 3 aromatic rings. The van der Waals surface area contributed by atoms with Gasteiger partial charge in [0, 0.05) is 50.9 Å². The summed E-state index contributed by atoms with van der Waals surface area (Å²) in [6.07, 6.45) is 6.07. The smallest absolute Gasteiger partial charge is 0.193 e. The van der Waals surface area contributed by atoms with Crippen molar-refractivity contribution in [2.75, 3.05) is 27.2 Å². The van der Waals surface area contributed by atoms with Crippen LogP contribution in [-0.4, -0.2) is 47.4 Å². The Bertz CT molecular complexity index is 841.